The van der Waals surface area contributed by atoms with Crippen LogP contribution in [0.2, 0.25) is 5.15 Å². The van der Waals surface area contributed by atoms with Crippen LogP contribution in [0.25, 0.3) is 11.1 Å². The second kappa shape index (κ2) is 11.6. The maximum absolute atomic E-state index is 11.8. The number of aromatic nitrogens is 1. The SMILES string of the molecule is CCOC(=O)c1ccc(-c2ccc(CCCNC[C@H](O)c3ccc(Cl)nc3)cc2)cc1. The van der Waals surface area contributed by atoms with E-state index < -0.39 is 6.10 Å². The van der Waals surface area contributed by atoms with Crippen LogP contribution in [0.1, 0.15) is 40.9 Å². The predicted octanol–water partition coefficient (Wildman–Crippen LogP) is 4.83. The number of esters is 1. The quantitative estimate of drug-likeness (QED) is 0.269. The van der Waals surface area contributed by atoms with Crippen LogP contribution in [-0.4, -0.2) is 35.8 Å². The number of aryl methyl sites for hydroxylation is 1. The molecule has 0 saturated carbocycles. The molecule has 0 saturated heterocycles. The number of hydrogen-bond donors (Lipinski definition) is 2. The van der Waals surface area contributed by atoms with Gasteiger partial charge in [0.25, 0.3) is 0 Å². The number of nitrogens with zero attached hydrogens (tertiary/aromatic N) is 1. The van der Waals surface area contributed by atoms with Gasteiger partial charge >= 0.3 is 5.97 Å². The van der Waals surface area contributed by atoms with E-state index in [-0.39, 0.29) is 5.97 Å². The summed E-state index contributed by atoms with van der Waals surface area (Å²) in [5.74, 6) is -0.296. The summed E-state index contributed by atoms with van der Waals surface area (Å²) in [6, 6.07) is 19.4. The first-order chi connectivity index (χ1) is 15.1. The minimum Gasteiger partial charge on any atom is -0.462 e. The summed E-state index contributed by atoms with van der Waals surface area (Å²) in [5.41, 5.74) is 4.75. The van der Waals surface area contributed by atoms with Crippen molar-refractivity contribution < 1.29 is 14.6 Å². The monoisotopic (exact) mass is 438 g/mol. The Morgan fingerprint density at radius 2 is 1.74 bits per heavy atom. The van der Waals surface area contributed by atoms with Gasteiger partial charge in [-0.25, -0.2) is 9.78 Å². The average molecular weight is 439 g/mol. The Hall–Kier alpha value is -2.73. The Kier molecular flexibility index (Phi) is 8.59. The molecule has 0 aliphatic rings. The van der Waals surface area contributed by atoms with Crippen molar-refractivity contribution in [2.24, 2.45) is 0 Å². The van der Waals surface area contributed by atoms with Crippen molar-refractivity contribution in [2.75, 3.05) is 19.7 Å². The third-order valence-corrected chi connectivity index (χ3v) is 5.20. The van der Waals surface area contributed by atoms with E-state index in [1.54, 1.807) is 37.4 Å². The van der Waals surface area contributed by atoms with Gasteiger partial charge in [-0.2, -0.15) is 0 Å². The number of ether oxygens (including phenoxy) is 1. The normalized spacial score (nSPS) is 11.8. The molecule has 31 heavy (non-hydrogen) atoms. The van der Waals surface area contributed by atoms with E-state index in [0.29, 0.717) is 23.9 Å². The topological polar surface area (TPSA) is 71.5 Å². The number of aliphatic hydroxyl groups excluding tert-OH is 1. The van der Waals surface area contributed by atoms with E-state index in [0.717, 1.165) is 36.1 Å². The van der Waals surface area contributed by atoms with Gasteiger partial charge in [0.15, 0.2) is 0 Å². The van der Waals surface area contributed by atoms with Crippen molar-refractivity contribution in [1.29, 1.82) is 0 Å². The van der Waals surface area contributed by atoms with Gasteiger partial charge in [0.1, 0.15) is 5.15 Å². The Morgan fingerprint density at radius 1 is 1.06 bits per heavy atom. The van der Waals surface area contributed by atoms with Gasteiger partial charge < -0.3 is 15.2 Å². The van der Waals surface area contributed by atoms with Gasteiger partial charge in [0.05, 0.1) is 18.3 Å². The van der Waals surface area contributed by atoms with Crippen molar-refractivity contribution in [1.82, 2.24) is 10.3 Å². The van der Waals surface area contributed by atoms with Gasteiger partial charge in [-0.1, -0.05) is 54.1 Å². The van der Waals surface area contributed by atoms with Gasteiger partial charge in [-0.05, 0) is 61.2 Å². The number of nitrogens with one attached hydrogen (secondary N) is 1. The second-order valence-corrected chi connectivity index (χ2v) is 7.62. The summed E-state index contributed by atoms with van der Waals surface area (Å²) in [7, 11) is 0. The number of carbonyl (C=O) groups excluding carboxylic acids is 1. The highest BCUT2D eigenvalue weighted by Crippen LogP contribution is 2.21. The first kappa shape index (κ1) is 22.9. The Morgan fingerprint density at radius 3 is 2.35 bits per heavy atom. The molecular formula is C25H27ClN2O3. The van der Waals surface area contributed by atoms with E-state index in [1.165, 1.54) is 5.56 Å². The molecule has 0 spiro atoms. The third kappa shape index (κ3) is 6.89. The molecule has 162 valence electrons. The largest absolute Gasteiger partial charge is 0.462 e. The summed E-state index contributed by atoms with van der Waals surface area (Å²) in [6.07, 6.45) is 2.92. The fourth-order valence-corrected chi connectivity index (χ4v) is 3.35. The highest BCUT2D eigenvalue weighted by atomic mass is 35.5. The van der Waals surface area contributed by atoms with E-state index in [4.69, 9.17) is 16.3 Å². The molecule has 6 heteroatoms. The number of benzene rings is 2. The smallest absolute Gasteiger partial charge is 0.338 e. The number of halogens is 1. The van der Waals surface area contributed by atoms with Crippen molar-refractivity contribution in [2.45, 2.75) is 25.9 Å². The van der Waals surface area contributed by atoms with Crippen LogP contribution in [-0.2, 0) is 11.2 Å². The number of rotatable bonds is 10. The van der Waals surface area contributed by atoms with Crippen molar-refractivity contribution in [3.8, 4) is 11.1 Å². The fourth-order valence-electron chi connectivity index (χ4n) is 3.24. The zero-order valence-electron chi connectivity index (χ0n) is 17.6. The standard InChI is InChI=1S/C25H27ClN2O3/c1-2-31-25(30)21-11-9-20(10-12-21)19-7-5-18(6-8-19)4-3-15-27-17-23(29)22-13-14-24(26)28-16-22/h5-14,16,23,27,29H,2-4,15,17H2,1H3/t23-/m0/s1. The molecule has 1 atom stereocenters. The second-order valence-electron chi connectivity index (χ2n) is 7.23. The van der Waals surface area contributed by atoms with Crippen molar-refractivity contribution in [3.05, 3.63) is 88.7 Å². The molecule has 0 fully saturated rings. The molecule has 2 aromatic carbocycles. The number of hydrogen-bond acceptors (Lipinski definition) is 5. The van der Waals surface area contributed by atoms with Crippen LogP contribution < -0.4 is 5.32 Å². The molecule has 3 aromatic rings. The molecular weight excluding hydrogens is 412 g/mol. The van der Waals surface area contributed by atoms with Crippen LogP contribution in [0.15, 0.2) is 66.9 Å². The lowest BCUT2D eigenvalue weighted by Gasteiger charge is -2.12. The van der Waals surface area contributed by atoms with Gasteiger partial charge in [-0.15, -0.1) is 0 Å². The summed E-state index contributed by atoms with van der Waals surface area (Å²) in [4.78, 5) is 15.7. The third-order valence-electron chi connectivity index (χ3n) is 4.98. The molecule has 5 nitrogen and oxygen atoms in total. The van der Waals surface area contributed by atoms with Crippen LogP contribution in [0.5, 0.6) is 0 Å². The maximum Gasteiger partial charge on any atom is 0.338 e. The predicted molar refractivity (Wildman–Crippen MR) is 123 cm³/mol. The van der Waals surface area contributed by atoms with Gasteiger partial charge in [0, 0.05) is 18.3 Å². The first-order valence-corrected chi connectivity index (χ1v) is 10.8. The fraction of sp³-hybridized carbons (Fsp3) is 0.280. The van der Waals surface area contributed by atoms with E-state index in [9.17, 15) is 9.90 Å². The minimum absolute atomic E-state index is 0.296. The average Bonchev–Trinajstić information content (AvgIpc) is 2.80. The van der Waals surface area contributed by atoms with Crippen LogP contribution in [0, 0.1) is 0 Å². The number of pyridine rings is 1. The zero-order valence-corrected chi connectivity index (χ0v) is 18.3. The summed E-state index contributed by atoms with van der Waals surface area (Å²) in [5, 5.41) is 13.9. The van der Waals surface area contributed by atoms with Crippen molar-refractivity contribution in [3.63, 3.8) is 0 Å². The molecule has 1 aromatic heterocycles. The highest BCUT2D eigenvalue weighted by Gasteiger charge is 2.08. The van der Waals surface area contributed by atoms with E-state index >= 15 is 0 Å². The lowest BCUT2D eigenvalue weighted by molar-refractivity contribution is 0.0526. The molecule has 0 radical (unpaired) electrons. The van der Waals surface area contributed by atoms with Crippen LogP contribution >= 0.6 is 11.6 Å². The highest BCUT2D eigenvalue weighted by molar-refractivity contribution is 6.29. The van der Waals surface area contributed by atoms with Gasteiger partial charge in [0.2, 0.25) is 0 Å². The zero-order chi connectivity index (χ0) is 22.1. The molecule has 0 unspecified atom stereocenters. The van der Waals surface area contributed by atoms with Crippen LogP contribution in [0.3, 0.4) is 0 Å². The number of carbonyl (C=O) groups is 1. The Bertz CT molecular complexity index is 958. The molecule has 0 aliphatic carbocycles. The van der Waals surface area contributed by atoms with Crippen LogP contribution in [0.4, 0.5) is 0 Å². The van der Waals surface area contributed by atoms with Crippen molar-refractivity contribution >= 4 is 17.6 Å². The van der Waals surface area contributed by atoms with Gasteiger partial charge in [-0.3, -0.25) is 0 Å². The Labute approximate surface area is 188 Å². The van der Waals surface area contributed by atoms with E-state index in [1.807, 2.05) is 12.1 Å². The molecule has 2 N–H and O–H groups in total. The summed E-state index contributed by atoms with van der Waals surface area (Å²) >= 11 is 5.77. The molecule has 0 bridgehead atoms. The molecule has 0 aliphatic heterocycles. The maximum atomic E-state index is 11.8. The lowest BCUT2D eigenvalue weighted by Crippen LogP contribution is -2.23. The summed E-state index contributed by atoms with van der Waals surface area (Å²) < 4.78 is 5.02. The number of aliphatic hydroxyl groups is 1. The molecule has 3 rings (SSSR count). The first-order valence-electron chi connectivity index (χ1n) is 10.4. The molecule has 0 amide bonds. The lowest BCUT2D eigenvalue weighted by atomic mass is 10.0. The Balaban J connectivity index is 1.42. The van der Waals surface area contributed by atoms with E-state index in [2.05, 4.69) is 34.6 Å². The minimum atomic E-state index is -0.598. The molecule has 1 heterocycles. The summed E-state index contributed by atoms with van der Waals surface area (Å²) in [6.45, 7) is 3.46.